The van der Waals surface area contributed by atoms with Crippen molar-refractivity contribution in [3.8, 4) is 11.5 Å². The number of carbonyl (C=O) groups is 2. The van der Waals surface area contributed by atoms with Gasteiger partial charge in [0.05, 0.1) is 11.7 Å². The van der Waals surface area contributed by atoms with E-state index in [4.69, 9.17) is 9.47 Å². The highest BCUT2D eigenvalue weighted by molar-refractivity contribution is 7.90. The van der Waals surface area contributed by atoms with Crippen molar-refractivity contribution in [2.75, 3.05) is 25.9 Å². The third-order valence-corrected chi connectivity index (χ3v) is 5.75. The van der Waals surface area contributed by atoms with Crippen LogP contribution in [0.15, 0.2) is 42.5 Å². The Bertz CT molecular complexity index is 1100. The minimum Gasteiger partial charge on any atom is -0.410 e. The molecular weight excluding hydrogens is 424 g/mol. The summed E-state index contributed by atoms with van der Waals surface area (Å²) in [5.74, 6) is 0.601. The van der Waals surface area contributed by atoms with Crippen LogP contribution in [0.4, 0.5) is 15.3 Å². The second-order valence-corrected chi connectivity index (χ2v) is 8.76. The largest absolute Gasteiger partial charge is 0.416 e. The van der Waals surface area contributed by atoms with Crippen LogP contribution >= 0.6 is 0 Å². The molecule has 2 aromatic rings. The maximum absolute atomic E-state index is 12.6. The van der Waals surface area contributed by atoms with Crippen LogP contribution in [0, 0.1) is 0 Å². The molecule has 0 fully saturated rings. The van der Waals surface area contributed by atoms with Gasteiger partial charge in [-0.1, -0.05) is 12.1 Å². The van der Waals surface area contributed by atoms with Gasteiger partial charge < -0.3 is 14.4 Å². The molecule has 1 heterocycles. The van der Waals surface area contributed by atoms with Crippen molar-refractivity contribution in [1.29, 1.82) is 0 Å². The first-order chi connectivity index (χ1) is 14.6. The minimum atomic E-state index is -3.65. The molecule has 0 saturated heterocycles. The Kier molecular flexibility index (Phi) is 6.37. The fourth-order valence-corrected chi connectivity index (χ4v) is 3.56. The van der Waals surface area contributed by atoms with Crippen LogP contribution < -0.4 is 18.9 Å². The number of benzene rings is 2. The summed E-state index contributed by atoms with van der Waals surface area (Å²) in [6, 6.07) is 11.3. The molecule has 0 radical (unpaired) electrons. The van der Waals surface area contributed by atoms with Gasteiger partial charge in [0.1, 0.15) is 11.5 Å². The lowest BCUT2D eigenvalue weighted by molar-refractivity contribution is 0.117. The number of ether oxygens (including phenoxy) is 2. The topological polar surface area (TPSA) is 117 Å². The van der Waals surface area contributed by atoms with Gasteiger partial charge in [0, 0.05) is 39.3 Å². The standard InChI is InChI=1S/C20H24N4O6S/c1-13-17-9-8-16(29-19(25)23(3)4)11-18(17)30-20(26)24(13)12-14-6-5-7-15(10-14)22-31(27,28)21-2/h5-11,13,21-22H,12H2,1-4H3/t13-/m1/s1. The van der Waals surface area contributed by atoms with Gasteiger partial charge in [-0.2, -0.15) is 8.42 Å². The van der Waals surface area contributed by atoms with Gasteiger partial charge in [-0.15, -0.1) is 0 Å². The van der Waals surface area contributed by atoms with E-state index in [2.05, 4.69) is 9.44 Å². The first kappa shape index (κ1) is 22.4. The molecule has 2 aromatic carbocycles. The molecule has 0 spiro atoms. The summed E-state index contributed by atoms with van der Waals surface area (Å²) in [5, 5.41) is 0. The van der Waals surface area contributed by atoms with E-state index in [1.165, 1.54) is 22.9 Å². The molecule has 166 valence electrons. The molecule has 3 rings (SSSR count). The average molecular weight is 449 g/mol. The highest BCUT2D eigenvalue weighted by Gasteiger charge is 2.32. The number of nitrogens with one attached hydrogen (secondary N) is 2. The lowest BCUT2D eigenvalue weighted by Gasteiger charge is -2.34. The van der Waals surface area contributed by atoms with E-state index in [-0.39, 0.29) is 18.3 Å². The molecule has 0 bridgehead atoms. The van der Waals surface area contributed by atoms with E-state index in [0.29, 0.717) is 11.4 Å². The average Bonchev–Trinajstić information content (AvgIpc) is 2.71. The summed E-state index contributed by atoms with van der Waals surface area (Å²) in [7, 11) is 0.799. The summed E-state index contributed by atoms with van der Waals surface area (Å²) in [4.78, 5) is 27.2. The molecule has 0 aromatic heterocycles. The minimum absolute atomic E-state index is 0.214. The SMILES string of the molecule is CNS(=O)(=O)Nc1cccc(CN2C(=O)Oc3cc(OC(=O)N(C)C)ccc3[C@H]2C)c1. The van der Waals surface area contributed by atoms with Gasteiger partial charge in [0.2, 0.25) is 0 Å². The molecule has 2 amide bonds. The van der Waals surface area contributed by atoms with Crippen LogP contribution in [0.3, 0.4) is 0 Å². The van der Waals surface area contributed by atoms with Gasteiger partial charge in [-0.3, -0.25) is 9.62 Å². The normalized spacial score (nSPS) is 15.7. The molecule has 0 saturated carbocycles. The number of anilines is 1. The van der Waals surface area contributed by atoms with E-state index in [1.54, 1.807) is 50.5 Å². The Labute approximate surface area is 180 Å². The number of rotatable bonds is 6. The van der Waals surface area contributed by atoms with Crippen LogP contribution in [0.2, 0.25) is 0 Å². The van der Waals surface area contributed by atoms with Crippen molar-refractivity contribution < 1.29 is 27.5 Å². The van der Waals surface area contributed by atoms with Gasteiger partial charge in [0.25, 0.3) is 10.2 Å². The van der Waals surface area contributed by atoms with Crippen molar-refractivity contribution in [1.82, 2.24) is 14.5 Å². The molecular formula is C20H24N4O6S. The Balaban J connectivity index is 1.78. The Morgan fingerprint density at radius 1 is 1.23 bits per heavy atom. The van der Waals surface area contributed by atoms with Gasteiger partial charge in [0.15, 0.2) is 0 Å². The highest BCUT2D eigenvalue weighted by atomic mass is 32.2. The summed E-state index contributed by atoms with van der Waals surface area (Å²) >= 11 is 0. The smallest absolute Gasteiger partial charge is 0.410 e. The number of fused-ring (bicyclic) bond motifs is 1. The maximum Gasteiger partial charge on any atom is 0.416 e. The van der Waals surface area contributed by atoms with E-state index in [0.717, 1.165) is 11.1 Å². The quantitative estimate of drug-likeness (QED) is 0.702. The summed E-state index contributed by atoms with van der Waals surface area (Å²) in [6.45, 7) is 2.07. The van der Waals surface area contributed by atoms with Crippen LogP contribution in [0.5, 0.6) is 11.5 Å². The molecule has 1 aliphatic heterocycles. The van der Waals surface area contributed by atoms with Gasteiger partial charge >= 0.3 is 12.2 Å². The van der Waals surface area contributed by atoms with Crippen molar-refractivity contribution in [2.45, 2.75) is 19.5 Å². The van der Waals surface area contributed by atoms with E-state index >= 15 is 0 Å². The molecule has 10 nitrogen and oxygen atoms in total. The van der Waals surface area contributed by atoms with Crippen LogP contribution in [0.25, 0.3) is 0 Å². The first-order valence-corrected chi connectivity index (χ1v) is 10.9. The number of carbonyl (C=O) groups excluding carboxylic acids is 2. The number of hydrogen-bond donors (Lipinski definition) is 2. The van der Waals surface area contributed by atoms with E-state index in [9.17, 15) is 18.0 Å². The second kappa shape index (κ2) is 8.82. The summed E-state index contributed by atoms with van der Waals surface area (Å²) < 4.78 is 38.7. The van der Waals surface area contributed by atoms with Gasteiger partial charge in [-0.05, 0) is 36.8 Å². The third kappa shape index (κ3) is 5.25. The predicted molar refractivity (Wildman–Crippen MR) is 114 cm³/mol. The zero-order valence-corrected chi connectivity index (χ0v) is 18.4. The van der Waals surface area contributed by atoms with Crippen molar-refractivity contribution >= 4 is 28.1 Å². The van der Waals surface area contributed by atoms with E-state index in [1.807, 2.05) is 6.92 Å². The summed E-state index contributed by atoms with van der Waals surface area (Å²) in [5.41, 5.74) is 1.86. The molecule has 2 N–H and O–H groups in total. The molecule has 0 aliphatic carbocycles. The number of nitrogens with zero attached hydrogens (tertiary/aromatic N) is 2. The molecule has 1 atom stereocenters. The Morgan fingerprint density at radius 2 is 1.97 bits per heavy atom. The zero-order chi connectivity index (χ0) is 22.8. The Morgan fingerprint density at radius 3 is 2.65 bits per heavy atom. The molecule has 31 heavy (non-hydrogen) atoms. The summed E-state index contributed by atoms with van der Waals surface area (Å²) in [6.07, 6.45) is -1.09. The molecule has 0 unspecified atom stereocenters. The van der Waals surface area contributed by atoms with Crippen molar-refractivity contribution in [2.24, 2.45) is 0 Å². The van der Waals surface area contributed by atoms with Crippen LogP contribution in [-0.2, 0) is 16.8 Å². The van der Waals surface area contributed by atoms with E-state index < -0.39 is 22.4 Å². The zero-order valence-electron chi connectivity index (χ0n) is 17.6. The molecule has 1 aliphatic rings. The third-order valence-electron chi connectivity index (χ3n) is 4.71. The monoisotopic (exact) mass is 448 g/mol. The lowest BCUT2D eigenvalue weighted by Crippen LogP contribution is -2.39. The predicted octanol–water partition coefficient (Wildman–Crippen LogP) is 2.70. The van der Waals surface area contributed by atoms with Crippen molar-refractivity contribution in [3.05, 3.63) is 53.6 Å². The van der Waals surface area contributed by atoms with Gasteiger partial charge in [-0.25, -0.2) is 14.3 Å². The maximum atomic E-state index is 12.6. The highest BCUT2D eigenvalue weighted by Crippen LogP contribution is 2.38. The second-order valence-electron chi connectivity index (χ2n) is 7.14. The lowest BCUT2D eigenvalue weighted by atomic mass is 10.0. The number of amides is 2. The van der Waals surface area contributed by atoms with Crippen LogP contribution in [-0.4, -0.2) is 51.5 Å². The fourth-order valence-electron chi connectivity index (χ4n) is 3.02. The fraction of sp³-hybridized carbons (Fsp3) is 0.300. The van der Waals surface area contributed by atoms with Crippen molar-refractivity contribution in [3.63, 3.8) is 0 Å². The van der Waals surface area contributed by atoms with Crippen LogP contribution in [0.1, 0.15) is 24.1 Å². The molecule has 11 heteroatoms. The first-order valence-electron chi connectivity index (χ1n) is 9.41. The number of hydrogen-bond acceptors (Lipinski definition) is 6. The Hall–Kier alpha value is -3.31.